The predicted molar refractivity (Wildman–Crippen MR) is 190 cm³/mol. The number of carbonyl (C=O) groups is 3. The molecule has 2 heterocycles. The number of aliphatic hydroxyl groups excluding tert-OH is 1. The van der Waals surface area contributed by atoms with Crippen molar-refractivity contribution in [3.8, 4) is 23.0 Å². The van der Waals surface area contributed by atoms with E-state index in [1.165, 1.54) is 25.2 Å². The third kappa shape index (κ3) is 7.52. The Kier molecular flexibility index (Phi) is 11.0. The number of aromatic hydroxyl groups is 2. The lowest BCUT2D eigenvalue weighted by Gasteiger charge is -2.53. The molecule has 0 bridgehead atoms. The number of phenols is 2. The smallest absolute Gasteiger partial charge is 0.413 e. The highest BCUT2D eigenvalue weighted by molar-refractivity contribution is 9.10. The number of amides is 3. The average Bonchev–Trinajstić information content (AvgIpc) is 3.06. The standard InChI is InChI=1S/C37H44BrN3O10/c1-19-13-22-14-24-34(45)41(36(47)51-37(3,4)5)25(15-23-16-27(42)32(49-7)20(2)29(23)38)33(44)40(24)26(28(22)30(43)31(19)48-6)17-39-35(46)50-18-21-11-9-8-10-12-21/h8-13,16,24-26,34,42-43,45H,14-15,17-18H2,1-7H3,(H,39,46)/t24-,25-,26-,34?/m0/s1. The van der Waals surface area contributed by atoms with Gasteiger partial charge in [0.2, 0.25) is 5.91 Å². The van der Waals surface area contributed by atoms with E-state index in [4.69, 9.17) is 18.9 Å². The van der Waals surface area contributed by atoms with Crippen molar-refractivity contribution < 1.29 is 48.7 Å². The number of hydrogen-bond acceptors (Lipinski definition) is 10. The zero-order chi connectivity index (χ0) is 37.4. The molecule has 1 fully saturated rings. The lowest BCUT2D eigenvalue weighted by molar-refractivity contribution is -0.173. The van der Waals surface area contributed by atoms with Gasteiger partial charge in [0.15, 0.2) is 29.2 Å². The molecule has 3 aromatic rings. The van der Waals surface area contributed by atoms with Crippen LogP contribution in [0.4, 0.5) is 9.59 Å². The molecule has 3 aromatic carbocycles. The molecule has 0 saturated carbocycles. The Morgan fingerprint density at radius 1 is 1.02 bits per heavy atom. The van der Waals surface area contributed by atoms with Gasteiger partial charge in [-0.1, -0.05) is 52.3 Å². The van der Waals surface area contributed by atoms with Gasteiger partial charge in [0.05, 0.1) is 26.3 Å². The lowest BCUT2D eigenvalue weighted by atomic mass is 9.82. The van der Waals surface area contributed by atoms with Gasteiger partial charge in [0.25, 0.3) is 0 Å². The third-order valence-corrected chi connectivity index (χ3v) is 10.2. The highest BCUT2D eigenvalue weighted by Gasteiger charge is 2.54. The summed E-state index contributed by atoms with van der Waals surface area (Å²) in [6.45, 7) is 8.33. The van der Waals surface area contributed by atoms with Crippen LogP contribution in [0.5, 0.6) is 23.0 Å². The van der Waals surface area contributed by atoms with E-state index in [2.05, 4.69) is 21.2 Å². The SMILES string of the molecule is COc1c(O)cc(C[C@H]2C(=O)N3[C@@H](CNC(=O)OCc4ccccc4)c4c(cc(C)c(OC)c4O)C[C@H]3C(O)N2C(=O)OC(C)(C)C)c(Br)c1C. The van der Waals surface area contributed by atoms with E-state index in [-0.39, 0.29) is 49.0 Å². The van der Waals surface area contributed by atoms with Crippen molar-refractivity contribution in [1.82, 2.24) is 15.1 Å². The number of phenolic OH excluding ortho intramolecular Hbond substituents is 2. The van der Waals surface area contributed by atoms with Crippen LogP contribution < -0.4 is 14.8 Å². The molecule has 14 heteroatoms. The molecule has 2 aliphatic rings. The van der Waals surface area contributed by atoms with Crippen LogP contribution in [0.15, 0.2) is 46.9 Å². The maximum absolute atomic E-state index is 14.9. The molecule has 1 saturated heterocycles. The van der Waals surface area contributed by atoms with E-state index >= 15 is 0 Å². The van der Waals surface area contributed by atoms with Crippen molar-refractivity contribution in [1.29, 1.82) is 0 Å². The quantitative estimate of drug-likeness (QED) is 0.233. The fourth-order valence-electron chi connectivity index (χ4n) is 6.92. The molecule has 13 nitrogen and oxygen atoms in total. The zero-order valence-corrected chi connectivity index (χ0v) is 31.2. The van der Waals surface area contributed by atoms with Gasteiger partial charge >= 0.3 is 12.2 Å². The molecule has 51 heavy (non-hydrogen) atoms. The minimum Gasteiger partial charge on any atom is -0.504 e. The Morgan fingerprint density at radius 3 is 2.31 bits per heavy atom. The van der Waals surface area contributed by atoms with Crippen molar-refractivity contribution in [3.63, 3.8) is 0 Å². The highest BCUT2D eigenvalue weighted by Crippen LogP contribution is 2.48. The van der Waals surface area contributed by atoms with Crippen LogP contribution in [-0.2, 0) is 33.7 Å². The van der Waals surface area contributed by atoms with Crippen LogP contribution in [0, 0.1) is 13.8 Å². The summed E-state index contributed by atoms with van der Waals surface area (Å²) >= 11 is 3.56. The summed E-state index contributed by atoms with van der Waals surface area (Å²) < 4.78 is 22.5. The van der Waals surface area contributed by atoms with Gasteiger partial charge in [-0.15, -0.1) is 0 Å². The van der Waals surface area contributed by atoms with Crippen molar-refractivity contribution in [2.24, 2.45) is 0 Å². The Hall–Kier alpha value is -4.69. The van der Waals surface area contributed by atoms with Crippen LogP contribution in [0.1, 0.15) is 60.2 Å². The minimum absolute atomic E-state index is 0.00605. The van der Waals surface area contributed by atoms with Crippen molar-refractivity contribution in [3.05, 3.63) is 80.3 Å². The zero-order valence-electron chi connectivity index (χ0n) is 29.7. The van der Waals surface area contributed by atoms with Gasteiger partial charge in [0, 0.05) is 28.6 Å². The summed E-state index contributed by atoms with van der Waals surface area (Å²) in [7, 11) is 2.84. The van der Waals surface area contributed by atoms with E-state index in [9.17, 15) is 29.7 Å². The third-order valence-electron chi connectivity index (χ3n) is 9.10. The number of benzene rings is 3. The maximum atomic E-state index is 14.9. The Bertz CT molecular complexity index is 1810. The number of methoxy groups -OCH3 is 2. The van der Waals surface area contributed by atoms with E-state index in [1.54, 1.807) is 40.7 Å². The lowest BCUT2D eigenvalue weighted by Crippen LogP contribution is -2.71. The first-order valence-electron chi connectivity index (χ1n) is 16.5. The number of nitrogens with one attached hydrogen (secondary N) is 1. The largest absolute Gasteiger partial charge is 0.504 e. The van der Waals surface area contributed by atoms with E-state index in [1.807, 2.05) is 30.3 Å². The van der Waals surface area contributed by atoms with Crippen LogP contribution in [0.25, 0.3) is 0 Å². The molecule has 2 aliphatic heterocycles. The number of aliphatic hydroxyl groups is 1. The Morgan fingerprint density at radius 2 is 1.69 bits per heavy atom. The Labute approximate surface area is 305 Å². The summed E-state index contributed by atoms with van der Waals surface area (Å²) in [6.07, 6.45) is -3.32. The van der Waals surface area contributed by atoms with Gasteiger partial charge in [0.1, 0.15) is 18.2 Å². The highest BCUT2D eigenvalue weighted by atomic mass is 79.9. The summed E-state index contributed by atoms with van der Waals surface area (Å²) in [5, 5.41) is 37.1. The number of nitrogens with zero attached hydrogens (tertiary/aromatic N) is 2. The number of halogens is 1. The molecule has 4 atom stereocenters. The summed E-state index contributed by atoms with van der Waals surface area (Å²) in [5.74, 6) is -0.516. The summed E-state index contributed by atoms with van der Waals surface area (Å²) in [6, 6.07) is 9.01. The van der Waals surface area contributed by atoms with Gasteiger partial charge in [-0.25, -0.2) is 9.59 Å². The van der Waals surface area contributed by atoms with Crippen LogP contribution in [0.3, 0.4) is 0 Å². The topological polar surface area (TPSA) is 167 Å². The number of alkyl carbamates (subject to hydrolysis) is 1. The fraction of sp³-hybridized carbons (Fsp3) is 0.432. The molecule has 274 valence electrons. The molecule has 3 amide bonds. The van der Waals surface area contributed by atoms with E-state index in [0.717, 1.165) is 10.5 Å². The van der Waals surface area contributed by atoms with Crippen molar-refractivity contribution in [2.45, 2.75) is 84.0 Å². The molecular weight excluding hydrogens is 726 g/mol. The van der Waals surface area contributed by atoms with E-state index < -0.39 is 48.0 Å². The fourth-order valence-corrected chi connectivity index (χ4v) is 7.37. The predicted octanol–water partition coefficient (Wildman–Crippen LogP) is 5.40. The molecule has 5 rings (SSSR count). The number of piperazine rings is 1. The number of aryl methyl sites for hydroxylation is 1. The first-order chi connectivity index (χ1) is 24.1. The first-order valence-corrected chi connectivity index (χ1v) is 17.3. The normalized spacial score (nSPS) is 19.9. The van der Waals surface area contributed by atoms with Crippen molar-refractivity contribution >= 4 is 34.0 Å². The average molecular weight is 771 g/mol. The van der Waals surface area contributed by atoms with Crippen LogP contribution in [0.2, 0.25) is 0 Å². The second kappa shape index (κ2) is 14.9. The number of ether oxygens (including phenoxy) is 4. The molecule has 0 aliphatic carbocycles. The molecule has 4 N–H and O–H groups in total. The maximum Gasteiger partial charge on any atom is 0.413 e. The molecular formula is C37H44BrN3O10. The Balaban J connectivity index is 1.58. The van der Waals surface area contributed by atoms with Crippen LogP contribution in [-0.4, -0.2) is 87.9 Å². The van der Waals surface area contributed by atoms with Crippen molar-refractivity contribution in [2.75, 3.05) is 20.8 Å². The first kappa shape index (κ1) is 37.6. The monoisotopic (exact) mass is 769 g/mol. The van der Waals surface area contributed by atoms with Gasteiger partial charge in [-0.2, -0.15) is 0 Å². The number of fused-ring (bicyclic) bond motifs is 2. The van der Waals surface area contributed by atoms with Gasteiger partial charge in [-0.05, 0) is 69.4 Å². The van der Waals surface area contributed by atoms with Gasteiger partial charge < -0.3 is 44.5 Å². The number of carbonyl (C=O) groups excluding carboxylic acids is 3. The van der Waals surface area contributed by atoms with Crippen LogP contribution >= 0.6 is 15.9 Å². The molecule has 0 radical (unpaired) electrons. The minimum atomic E-state index is -1.57. The summed E-state index contributed by atoms with van der Waals surface area (Å²) in [4.78, 5) is 44.2. The number of rotatable bonds is 8. The molecule has 0 spiro atoms. The second-order valence-corrected chi connectivity index (χ2v) is 14.5. The van der Waals surface area contributed by atoms with E-state index in [0.29, 0.717) is 32.3 Å². The second-order valence-electron chi connectivity index (χ2n) is 13.7. The molecule has 1 unspecified atom stereocenters. The summed E-state index contributed by atoms with van der Waals surface area (Å²) in [5.41, 5.74) is 2.40. The number of hydrogen-bond donors (Lipinski definition) is 4. The van der Waals surface area contributed by atoms with Gasteiger partial charge in [-0.3, -0.25) is 9.69 Å². The molecule has 0 aromatic heterocycles.